The fraction of sp³-hybridized carbons (Fsp3) is 0.562. The molecule has 3 nitrogen and oxygen atoms in total. The van der Waals surface area contributed by atoms with Gasteiger partial charge < -0.3 is 10.4 Å². The minimum absolute atomic E-state index is 0.498. The Morgan fingerprint density at radius 1 is 1.32 bits per heavy atom. The Kier molecular flexibility index (Phi) is 4.95. The van der Waals surface area contributed by atoms with E-state index >= 15 is 0 Å². The van der Waals surface area contributed by atoms with E-state index in [9.17, 15) is 5.11 Å². The van der Waals surface area contributed by atoms with Crippen LogP contribution in [0.3, 0.4) is 0 Å². The number of nitriles is 1. The smallest absolute Gasteiger partial charge is 0.0991 e. The Morgan fingerprint density at radius 3 is 2.63 bits per heavy atom. The molecule has 1 aliphatic carbocycles. The summed E-state index contributed by atoms with van der Waals surface area (Å²) in [5, 5.41) is 22.4. The molecule has 3 atom stereocenters. The van der Waals surface area contributed by atoms with Crippen LogP contribution < -0.4 is 5.32 Å². The lowest BCUT2D eigenvalue weighted by Crippen LogP contribution is -2.39. The van der Waals surface area contributed by atoms with Crippen LogP contribution in [0.2, 0.25) is 0 Å². The number of benzene rings is 1. The zero-order valence-corrected chi connectivity index (χ0v) is 11.5. The summed E-state index contributed by atoms with van der Waals surface area (Å²) in [6, 6.07) is 9.78. The molecular formula is C16H22N2O. The molecule has 0 amide bonds. The lowest BCUT2D eigenvalue weighted by Gasteiger charge is -2.30. The van der Waals surface area contributed by atoms with Crippen molar-refractivity contribution in [2.45, 2.75) is 44.8 Å². The molecule has 1 fully saturated rings. The highest BCUT2D eigenvalue weighted by atomic mass is 16.3. The van der Waals surface area contributed by atoms with Gasteiger partial charge in [-0.15, -0.1) is 0 Å². The molecule has 2 rings (SSSR count). The topological polar surface area (TPSA) is 56.0 Å². The average Bonchev–Trinajstić information content (AvgIpc) is 2.46. The van der Waals surface area contributed by atoms with Crippen LogP contribution in [0.4, 0.5) is 0 Å². The third-order valence-corrected chi connectivity index (χ3v) is 4.11. The number of nitrogens with zero attached hydrogens (tertiary/aromatic N) is 1. The van der Waals surface area contributed by atoms with Gasteiger partial charge in [-0.05, 0) is 36.5 Å². The van der Waals surface area contributed by atoms with Crippen LogP contribution in [0.1, 0.15) is 49.8 Å². The van der Waals surface area contributed by atoms with Crippen molar-refractivity contribution >= 4 is 0 Å². The molecule has 0 heterocycles. The van der Waals surface area contributed by atoms with E-state index in [1.165, 1.54) is 25.7 Å². The number of nitrogens with one attached hydrogen (secondary N) is 1. The van der Waals surface area contributed by atoms with Crippen molar-refractivity contribution in [3.8, 4) is 6.07 Å². The van der Waals surface area contributed by atoms with Crippen LogP contribution in [0.25, 0.3) is 0 Å². The van der Waals surface area contributed by atoms with E-state index in [0.717, 1.165) is 5.56 Å². The third-order valence-electron chi connectivity index (χ3n) is 4.11. The molecule has 3 heteroatoms. The summed E-state index contributed by atoms with van der Waals surface area (Å²) < 4.78 is 0. The lowest BCUT2D eigenvalue weighted by molar-refractivity contribution is 0.157. The van der Waals surface area contributed by atoms with Crippen LogP contribution in [0.5, 0.6) is 0 Å². The SMILES string of the molecule is CC1CCCCC1NCC(O)c1ccc(C#N)cc1. The zero-order valence-electron chi connectivity index (χ0n) is 11.5. The molecule has 0 aromatic heterocycles. The molecule has 1 aromatic rings. The van der Waals surface area contributed by atoms with Gasteiger partial charge in [-0.25, -0.2) is 0 Å². The molecule has 1 aliphatic rings. The minimum atomic E-state index is -0.498. The Morgan fingerprint density at radius 2 is 2.00 bits per heavy atom. The molecule has 2 N–H and O–H groups in total. The molecule has 19 heavy (non-hydrogen) atoms. The van der Waals surface area contributed by atoms with Gasteiger partial charge in [0.15, 0.2) is 0 Å². The van der Waals surface area contributed by atoms with Crippen molar-refractivity contribution in [3.05, 3.63) is 35.4 Å². The molecule has 1 saturated carbocycles. The summed E-state index contributed by atoms with van der Waals surface area (Å²) in [5.74, 6) is 0.696. The highest BCUT2D eigenvalue weighted by molar-refractivity contribution is 5.32. The quantitative estimate of drug-likeness (QED) is 0.873. The summed E-state index contributed by atoms with van der Waals surface area (Å²) in [5.41, 5.74) is 1.50. The standard InChI is InChI=1S/C16H22N2O/c1-12-4-2-3-5-15(12)18-11-16(19)14-8-6-13(10-17)7-9-14/h6-9,12,15-16,18-19H,2-5,11H2,1H3. The minimum Gasteiger partial charge on any atom is -0.387 e. The second-order valence-corrected chi connectivity index (χ2v) is 5.53. The van der Waals surface area contributed by atoms with Crippen molar-refractivity contribution < 1.29 is 5.11 Å². The largest absolute Gasteiger partial charge is 0.387 e. The van der Waals surface area contributed by atoms with Gasteiger partial charge in [0, 0.05) is 12.6 Å². The molecule has 0 radical (unpaired) electrons. The highest BCUT2D eigenvalue weighted by Gasteiger charge is 2.21. The van der Waals surface area contributed by atoms with Crippen LogP contribution >= 0.6 is 0 Å². The van der Waals surface area contributed by atoms with Gasteiger partial charge >= 0.3 is 0 Å². The molecule has 0 aliphatic heterocycles. The van der Waals surface area contributed by atoms with Gasteiger partial charge in [0.1, 0.15) is 0 Å². The van der Waals surface area contributed by atoms with E-state index in [2.05, 4.69) is 18.3 Å². The van der Waals surface area contributed by atoms with E-state index < -0.39 is 6.10 Å². The van der Waals surface area contributed by atoms with Gasteiger partial charge in [0.25, 0.3) is 0 Å². The number of aliphatic hydroxyl groups is 1. The maximum Gasteiger partial charge on any atom is 0.0991 e. The van der Waals surface area contributed by atoms with Crippen LogP contribution in [-0.2, 0) is 0 Å². The maximum absolute atomic E-state index is 10.2. The summed E-state index contributed by atoms with van der Waals surface area (Å²) in [4.78, 5) is 0. The van der Waals surface area contributed by atoms with Gasteiger partial charge in [-0.1, -0.05) is 31.9 Å². The number of hydrogen-bond acceptors (Lipinski definition) is 3. The first-order chi connectivity index (χ1) is 9.20. The second-order valence-electron chi connectivity index (χ2n) is 5.53. The third kappa shape index (κ3) is 3.79. The first-order valence-corrected chi connectivity index (χ1v) is 7.12. The Bertz CT molecular complexity index is 435. The average molecular weight is 258 g/mol. The van der Waals surface area contributed by atoms with Crippen molar-refractivity contribution in [1.82, 2.24) is 5.32 Å². The Balaban J connectivity index is 1.86. The van der Waals surface area contributed by atoms with Crippen LogP contribution in [0, 0.1) is 17.2 Å². The van der Waals surface area contributed by atoms with Crippen molar-refractivity contribution in [2.75, 3.05) is 6.54 Å². The fourth-order valence-corrected chi connectivity index (χ4v) is 2.78. The number of aliphatic hydroxyl groups excluding tert-OH is 1. The normalized spacial score (nSPS) is 24.7. The van der Waals surface area contributed by atoms with E-state index in [1.54, 1.807) is 12.1 Å². The second kappa shape index (κ2) is 6.70. The van der Waals surface area contributed by atoms with Crippen LogP contribution in [0.15, 0.2) is 24.3 Å². The predicted octanol–water partition coefficient (Wildman–Crippen LogP) is 2.76. The predicted molar refractivity (Wildman–Crippen MR) is 75.5 cm³/mol. The van der Waals surface area contributed by atoms with E-state index in [1.807, 2.05) is 12.1 Å². The first kappa shape index (κ1) is 14.0. The summed E-state index contributed by atoms with van der Waals surface area (Å²) >= 11 is 0. The first-order valence-electron chi connectivity index (χ1n) is 7.12. The molecule has 3 unspecified atom stereocenters. The number of hydrogen-bond donors (Lipinski definition) is 2. The lowest BCUT2D eigenvalue weighted by atomic mass is 9.86. The van der Waals surface area contributed by atoms with E-state index in [-0.39, 0.29) is 0 Å². The molecule has 1 aromatic carbocycles. The van der Waals surface area contributed by atoms with Gasteiger partial charge in [0.2, 0.25) is 0 Å². The van der Waals surface area contributed by atoms with Gasteiger partial charge in [-0.2, -0.15) is 5.26 Å². The molecule has 0 bridgehead atoms. The van der Waals surface area contributed by atoms with Gasteiger partial charge in [0.05, 0.1) is 17.7 Å². The van der Waals surface area contributed by atoms with Crippen molar-refractivity contribution in [3.63, 3.8) is 0 Å². The Labute approximate surface area is 115 Å². The highest BCUT2D eigenvalue weighted by Crippen LogP contribution is 2.24. The molecule has 0 saturated heterocycles. The van der Waals surface area contributed by atoms with E-state index in [4.69, 9.17) is 5.26 Å². The van der Waals surface area contributed by atoms with Crippen molar-refractivity contribution in [2.24, 2.45) is 5.92 Å². The van der Waals surface area contributed by atoms with Gasteiger partial charge in [-0.3, -0.25) is 0 Å². The summed E-state index contributed by atoms with van der Waals surface area (Å²) in [7, 11) is 0. The molecule has 102 valence electrons. The summed E-state index contributed by atoms with van der Waals surface area (Å²) in [6.45, 7) is 2.87. The number of rotatable bonds is 4. The summed E-state index contributed by atoms with van der Waals surface area (Å²) in [6.07, 6.45) is 4.61. The zero-order chi connectivity index (χ0) is 13.7. The Hall–Kier alpha value is -1.37. The van der Waals surface area contributed by atoms with Crippen molar-refractivity contribution in [1.29, 1.82) is 5.26 Å². The monoisotopic (exact) mass is 258 g/mol. The maximum atomic E-state index is 10.2. The fourth-order valence-electron chi connectivity index (χ4n) is 2.78. The molecule has 0 spiro atoms. The van der Waals surface area contributed by atoms with E-state index in [0.29, 0.717) is 24.1 Å². The molecular weight excluding hydrogens is 236 g/mol. The van der Waals surface area contributed by atoms with Crippen LogP contribution in [-0.4, -0.2) is 17.7 Å².